The highest BCUT2D eigenvalue weighted by molar-refractivity contribution is 6.36. The van der Waals surface area contributed by atoms with Crippen LogP contribution in [0.1, 0.15) is 22.3 Å². The molecule has 1 saturated carbocycles. The second kappa shape index (κ2) is 7.25. The zero-order chi connectivity index (χ0) is 21.0. The Morgan fingerprint density at radius 1 is 0.933 bits per heavy atom. The molecule has 30 heavy (non-hydrogen) atoms. The van der Waals surface area contributed by atoms with Gasteiger partial charge >= 0.3 is 5.97 Å². The molecule has 1 heterocycles. The smallest absolute Gasteiger partial charge is 0.338 e. The Balaban J connectivity index is 1.30. The quantitative estimate of drug-likeness (QED) is 0.393. The maximum absolute atomic E-state index is 12.9. The summed E-state index contributed by atoms with van der Waals surface area (Å²) in [4.78, 5) is 39.4. The third kappa shape index (κ3) is 2.96. The summed E-state index contributed by atoms with van der Waals surface area (Å²) in [6.45, 7) is -0.0542. The van der Waals surface area contributed by atoms with Crippen molar-refractivity contribution in [1.29, 1.82) is 0 Å². The number of allylic oxidation sites excluding steroid dienone is 2. The van der Waals surface area contributed by atoms with E-state index in [1.165, 1.54) is 4.90 Å². The number of nitrogens with zero attached hydrogens (tertiary/aromatic N) is 1. The summed E-state index contributed by atoms with van der Waals surface area (Å²) >= 11 is 12.2. The molecule has 2 aromatic rings. The van der Waals surface area contributed by atoms with Crippen molar-refractivity contribution < 1.29 is 19.1 Å². The number of imide groups is 1. The maximum Gasteiger partial charge on any atom is 0.338 e. The van der Waals surface area contributed by atoms with E-state index in [1.807, 2.05) is 0 Å². The first-order chi connectivity index (χ1) is 14.5. The molecule has 2 aliphatic carbocycles. The number of halogens is 2. The first-order valence-corrected chi connectivity index (χ1v) is 10.5. The van der Waals surface area contributed by atoms with E-state index in [9.17, 15) is 14.4 Å². The van der Waals surface area contributed by atoms with Crippen LogP contribution in [0.3, 0.4) is 0 Å². The number of amides is 2. The number of carbonyl (C=O) groups is 3. The van der Waals surface area contributed by atoms with Crippen molar-refractivity contribution >= 4 is 46.7 Å². The molecule has 0 unspecified atom stereocenters. The number of hydrogen-bond acceptors (Lipinski definition) is 4. The van der Waals surface area contributed by atoms with Gasteiger partial charge in [0.25, 0.3) is 0 Å². The molecule has 2 amide bonds. The summed E-state index contributed by atoms with van der Waals surface area (Å²) in [5, 5.41) is 0.844. The van der Waals surface area contributed by atoms with Crippen molar-refractivity contribution in [1.82, 2.24) is 0 Å². The van der Waals surface area contributed by atoms with Gasteiger partial charge in [-0.15, -0.1) is 0 Å². The maximum atomic E-state index is 12.9. The number of carbonyl (C=O) groups excluding carboxylic acids is 3. The van der Waals surface area contributed by atoms with Crippen LogP contribution >= 0.6 is 23.2 Å². The van der Waals surface area contributed by atoms with Crippen LogP contribution in [0.4, 0.5) is 5.69 Å². The Bertz CT molecular complexity index is 1040. The zero-order valence-corrected chi connectivity index (χ0v) is 17.3. The van der Waals surface area contributed by atoms with Gasteiger partial charge in [0.1, 0.15) is 6.61 Å². The molecule has 1 aliphatic heterocycles. The molecule has 5 rings (SSSR count). The highest BCUT2D eigenvalue weighted by Gasteiger charge is 2.59. The minimum atomic E-state index is -0.546. The van der Waals surface area contributed by atoms with Gasteiger partial charge in [-0.1, -0.05) is 41.4 Å². The standard InChI is InChI=1S/C23H17Cl2NO4/c24-17-2-1-3-18(25)16(17)11-30-23(29)12-6-8-15(9-7-12)26-21(27)19-13-4-5-14(10-13)20(19)22(26)28/h1-9,13-14,19-20H,10-11H2/t13-,14-,19+,20+/m0/s1. The van der Waals surface area contributed by atoms with E-state index >= 15 is 0 Å². The Morgan fingerprint density at radius 2 is 1.50 bits per heavy atom. The van der Waals surface area contributed by atoms with Gasteiger partial charge in [0.2, 0.25) is 11.8 Å². The van der Waals surface area contributed by atoms with Crippen LogP contribution < -0.4 is 4.90 Å². The van der Waals surface area contributed by atoms with E-state index in [0.717, 1.165) is 6.42 Å². The fourth-order valence-electron chi connectivity index (χ4n) is 4.79. The number of benzene rings is 2. The molecule has 3 aliphatic rings. The molecule has 152 valence electrons. The van der Waals surface area contributed by atoms with Gasteiger partial charge in [-0.05, 0) is 54.7 Å². The Labute approximate surface area is 183 Å². The topological polar surface area (TPSA) is 63.7 Å². The molecule has 2 fully saturated rings. The Morgan fingerprint density at radius 3 is 2.07 bits per heavy atom. The van der Waals surface area contributed by atoms with E-state index in [2.05, 4.69) is 12.2 Å². The molecule has 1 saturated heterocycles. The van der Waals surface area contributed by atoms with Gasteiger partial charge in [0.05, 0.1) is 23.1 Å². The number of fused-ring (bicyclic) bond motifs is 5. The van der Waals surface area contributed by atoms with Gasteiger partial charge in [-0.3, -0.25) is 14.5 Å². The lowest BCUT2D eigenvalue weighted by Gasteiger charge is -2.17. The van der Waals surface area contributed by atoms with Crippen molar-refractivity contribution in [2.75, 3.05) is 4.90 Å². The second-order valence-corrected chi connectivity index (χ2v) is 8.65. The zero-order valence-electron chi connectivity index (χ0n) is 15.8. The molecule has 0 aromatic heterocycles. The fourth-order valence-corrected chi connectivity index (χ4v) is 5.30. The summed E-state index contributed by atoms with van der Waals surface area (Å²) in [5.74, 6) is -1.03. The van der Waals surface area contributed by atoms with Crippen molar-refractivity contribution in [3.8, 4) is 0 Å². The number of rotatable bonds is 4. The molecule has 5 nitrogen and oxygen atoms in total. The van der Waals surface area contributed by atoms with Gasteiger partial charge in [-0.25, -0.2) is 4.79 Å². The van der Waals surface area contributed by atoms with Crippen molar-refractivity contribution in [3.63, 3.8) is 0 Å². The molecular formula is C23H17Cl2NO4. The van der Waals surface area contributed by atoms with Crippen LogP contribution in [0.2, 0.25) is 10.0 Å². The monoisotopic (exact) mass is 441 g/mol. The number of ether oxygens (including phenoxy) is 1. The third-order valence-electron chi connectivity index (χ3n) is 6.24. The fraction of sp³-hybridized carbons (Fsp3) is 0.261. The minimum absolute atomic E-state index is 0.0542. The first-order valence-electron chi connectivity index (χ1n) is 9.72. The van der Waals surface area contributed by atoms with Crippen LogP contribution in [0, 0.1) is 23.7 Å². The van der Waals surface area contributed by atoms with E-state index in [-0.39, 0.29) is 42.1 Å². The lowest BCUT2D eigenvalue weighted by molar-refractivity contribution is -0.123. The van der Waals surface area contributed by atoms with Gasteiger partial charge in [0, 0.05) is 15.6 Å². The number of hydrogen-bond donors (Lipinski definition) is 0. The van der Waals surface area contributed by atoms with E-state index in [0.29, 0.717) is 26.9 Å². The van der Waals surface area contributed by atoms with Gasteiger partial charge in [-0.2, -0.15) is 0 Å². The van der Waals surface area contributed by atoms with Crippen LogP contribution in [-0.4, -0.2) is 17.8 Å². The molecule has 2 aromatic carbocycles. The number of anilines is 1. The third-order valence-corrected chi connectivity index (χ3v) is 6.95. The second-order valence-electron chi connectivity index (χ2n) is 7.83. The molecule has 0 N–H and O–H groups in total. The van der Waals surface area contributed by atoms with E-state index < -0.39 is 5.97 Å². The summed E-state index contributed by atoms with van der Waals surface area (Å²) < 4.78 is 5.32. The van der Waals surface area contributed by atoms with Gasteiger partial charge < -0.3 is 4.74 Å². The predicted octanol–water partition coefficient (Wildman–Crippen LogP) is 4.66. The summed E-state index contributed by atoms with van der Waals surface area (Å²) in [5.41, 5.74) is 1.32. The van der Waals surface area contributed by atoms with Crippen molar-refractivity contribution in [3.05, 3.63) is 75.8 Å². The SMILES string of the molecule is O=C(OCc1c(Cl)cccc1Cl)c1ccc(N2C(=O)[C@H]3[C@H](C2=O)[C@H]2C=C[C@H]3C2)cc1. The predicted molar refractivity (Wildman–Crippen MR) is 112 cm³/mol. The molecular weight excluding hydrogens is 425 g/mol. The summed E-state index contributed by atoms with van der Waals surface area (Å²) in [6.07, 6.45) is 5.01. The normalized spacial score (nSPS) is 26.4. The molecule has 4 atom stereocenters. The average molecular weight is 442 g/mol. The first kappa shape index (κ1) is 19.3. The summed E-state index contributed by atoms with van der Waals surface area (Å²) in [6, 6.07) is 11.4. The van der Waals surface area contributed by atoms with Crippen LogP contribution in [-0.2, 0) is 20.9 Å². The minimum Gasteiger partial charge on any atom is -0.457 e. The highest BCUT2D eigenvalue weighted by atomic mass is 35.5. The van der Waals surface area contributed by atoms with Crippen LogP contribution in [0.25, 0.3) is 0 Å². The van der Waals surface area contributed by atoms with Gasteiger partial charge in [0.15, 0.2) is 0 Å². The largest absolute Gasteiger partial charge is 0.457 e. The Kier molecular flexibility index (Phi) is 4.68. The molecule has 0 spiro atoms. The highest BCUT2D eigenvalue weighted by Crippen LogP contribution is 2.53. The average Bonchev–Trinajstić information content (AvgIpc) is 3.41. The van der Waals surface area contributed by atoms with Crippen LogP contribution in [0.15, 0.2) is 54.6 Å². The molecule has 7 heteroatoms. The van der Waals surface area contributed by atoms with Crippen molar-refractivity contribution in [2.45, 2.75) is 13.0 Å². The molecule has 0 radical (unpaired) electrons. The van der Waals surface area contributed by atoms with Crippen LogP contribution in [0.5, 0.6) is 0 Å². The lowest BCUT2D eigenvalue weighted by atomic mass is 9.85. The Hall–Kier alpha value is -2.63. The van der Waals surface area contributed by atoms with E-state index in [1.54, 1.807) is 42.5 Å². The lowest BCUT2D eigenvalue weighted by Crippen LogP contribution is -2.32. The number of esters is 1. The molecule has 2 bridgehead atoms. The van der Waals surface area contributed by atoms with Crippen molar-refractivity contribution in [2.24, 2.45) is 23.7 Å². The summed E-state index contributed by atoms with van der Waals surface area (Å²) in [7, 11) is 0. The van der Waals surface area contributed by atoms with E-state index in [4.69, 9.17) is 27.9 Å².